The van der Waals surface area contributed by atoms with Crippen LogP contribution in [0.25, 0.3) is 11.1 Å². The predicted molar refractivity (Wildman–Crippen MR) is 116 cm³/mol. The van der Waals surface area contributed by atoms with Crippen molar-refractivity contribution in [2.45, 2.75) is 18.9 Å². The summed E-state index contributed by atoms with van der Waals surface area (Å²) in [5, 5.41) is 4.04. The molecule has 1 atom stereocenters. The van der Waals surface area contributed by atoms with Gasteiger partial charge in [0.25, 0.3) is 0 Å². The molecule has 0 N–H and O–H groups in total. The van der Waals surface area contributed by atoms with Gasteiger partial charge in [-0.1, -0.05) is 23.4 Å². The number of furan rings is 1. The fourth-order valence-electron chi connectivity index (χ4n) is 3.92. The number of aromatic nitrogens is 1. The van der Waals surface area contributed by atoms with E-state index in [1.807, 2.05) is 0 Å². The first-order chi connectivity index (χ1) is 16.8. The van der Waals surface area contributed by atoms with E-state index in [0.29, 0.717) is 11.3 Å². The molecule has 1 unspecified atom stereocenters. The minimum absolute atomic E-state index is 0.0443. The van der Waals surface area contributed by atoms with Crippen LogP contribution < -0.4 is 0 Å². The van der Waals surface area contributed by atoms with Gasteiger partial charge in [-0.2, -0.15) is 13.2 Å². The molecule has 0 aliphatic carbocycles. The van der Waals surface area contributed by atoms with E-state index < -0.39 is 29.6 Å². The Morgan fingerprint density at radius 1 is 0.943 bits per heavy atom. The van der Waals surface area contributed by atoms with Gasteiger partial charge < -0.3 is 14.2 Å². The molecule has 1 aliphatic heterocycles. The third-order valence-electron chi connectivity index (χ3n) is 5.51. The van der Waals surface area contributed by atoms with Crippen LogP contribution in [-0.2, 0) is 17.6 Å². The van der Waals surface area contributed by atoms with Crippen LogP contribution in [0.1, 0.15) is 28.7 Å². The van der Waals surface area contributed by atoms with E-state index in [1.54, 1.807) is 17.0 Å². The molecule has 5 nitrogen and oxygen atoms in total. The van der Waals surface area contributed by atoms with Crippen molar-refractivity contribution in [2.24, 2.45) is 5.16 Å². The van der Waals surface area contributed by atoms with Gasteiger partial charge in [0.1, 0.15) is 11.6 Å². The number of halogens is 5. The predicted octanol–water partition coefficient (Wildman–Crippen LogP) is 6.53. The highest BCUT2D eigenvalue weighted by atomic mass is 19.4. The summed E-state index contributed by atoms with van der Waals surface area (Å²) in [6, 6.07) is 12.9. The number of hydrogen-bond acceptors (Lipinski definition) is 5. The minimum Gasteiger partial charge on any atom is -0.461 e. The van der Waals surface area contributed by atoms with Crippen molar-refractivity contribution in [3.8, 4) is 11.1 Å². The topological polar surface area (TPSA) is 50.9 Å². The van der Waals surface area contributed by atoms with Gasteiger partial charge in [0, 0.05) is 18.0 Å². The summed E-state index contributed by atoms with van der Waals surface area (Å²) in [5.41, 5.74) is -0.257. The highest BCUT2D eigenvalue weighted by molar-refractivity contribution is 5.97. The number of oxime groups is 1. The standard InChI is InChI=1S/C25H16F5N3O2/c26-19-6-2-7-20(27)22(19)18-9-10-31-13-16(18)14-33-23(21-8-3-11-34-21)32-35-24(33)15-4-1-5-17(12-15)25(28,29)30/h1-13,24H,14H2. The molecule has 10 heteroatoms. The lowest BCUT2D eigenvalue weighted by Gasteiger charge is -2.26. The second-order valence-electron chi connectivity index (χ2n) is 7.73. The van der Waals surface area contributed by atoms with Crippen molar-refractivity contribution in [2.75, 3.05) is 0 Å². The molecule has 0 radical (unpaired) electrons. The van der Waals surface area contributed by atoms with Gasteiger partial charge in [-0.05, 0) is 53.6 Å². The van der Waals surface area contributed by atoms with E-state index in [4.69, 9.17) is 9.25 Å². The Morgan fingerprint density at radius 3 is 2.43 bits per heavy atom. The molecule has 0 bridgehead atoms. The summed E-state index contributed by atoms with van der Waals surface area (Å²) in [4.78, 5) is 11.2. The summed E-state index contributed by atoms with van der Waals surface area (Å²) in [6.45, 7) is -0.0443. The molecule has 2 aromatic heterocycles. The van der Waals surface area contributed by atoms with Gasteiger partial charge in [0.15, 0.2) is 5.76 Å². The lowest BCUT2D eigenvalue weighted by molar-refractivity contribution is -0.137. The molecule has 5 rings (SSSR count). The molecular formula is C25H16F5N3O2. The second-order valence-corrected chi connectivity index (χ2v) is 7.73. The minimum atomic E-state index is -4.55. The molecule has 4 aromatic rings. The molecule has 3 heterocycles. The van der Waals surface area contributed by atoms with Gasteiger partial charge in [-0.15, -0.1) is 0 Å². The maximum absolute atomic E-state index is 14.6. The second kappa shape index (κ2) is 8.86. The Hall–Kier alpha value is -4.21. The summed E-state index contributed by atoms with van der Waals surface area (Å²) < 4.78 is 74.6. The van der Waals surface area contributed by atoms with Crippen LogP contribution in [0.5, 0.6) is 0 Å². The van der Waals surface area contributed by atoms with E-state index in [2.05, 4.69) is 10.1 Å². The number of nitrogens with zero attached hydrogens (tertiary/aromatic N) is 3. The molecule has 0 saturated carbocycles. The molecule has 0 saturated heterocycles. The number of alkyl halides is 3. The van der Waals surface area contributed by atoms with E-state index in [1.165, 1.54) is 42.9 Å². The van der Waals surface area contributed by atoms with Crippen molar-refractivity contribution >= 4 is 5.84 Å². The average molecular weight is 485 g/mol. The fraction of sp³-hybridized carbons (Fsp3) is 0.120. The van der Waals surface area contributed by atoms with Gasteiger partial charge >= 0.3 is 6.18 Å². The van der Waals surface area contributed by atoms with E-state index in [9.17, 15) is 22.0 Å². The number of pyridine rings is 1. The van der Waals surface area contributed by atoms with Crippen molar-refractivity contribution < 1.29 is 31.2 Å². The first kappa shape index (κ1) is 22.6. The Balaban J connectivity index is 1.58. The molecule has 2 aromatic carbocycles. The van der Waals surface area contributed by atoms with Crippen molar-refractivity contribution in [3.05, 3.63) is 113 Å². The zero-order chi connectivity index (χ0) is 24.6. The largest absolute Gasteiger partial charge is 0.461 e. The van der Waals surface area contributed by atoms with Crippen LogP contribution >= 0.6 is 0 Å². The smallest absolute Gasteiger partial charge is 0.416 e. The Bertz CT molecular complexity index is 1370. The molecule has 178 valence electrons. The van der Waals surface area contributed by atoms with Crippen molar-refractivity contribution in [3.63, 3.8) is 0 Å². The highest BCUT2D eigenvalue weighted by Crippen LogP contribution is 2.37. The lowest BCUT2D eigenvalue weighted by atomic mass is 9.99. The van der Waals surface area contributed by atoms with Crippen LogP contribution in [0.3, 0.4) is 0 Å². The summed E-state index contributed by atoms with van der Waals surface area (Å²) in [5.74, 6) is -1.00. The number of rotatable bonds is 5. The number of hydrogen-bond donors (Lipinski definition) is 0. The Kier molecular flexibility index (Phi) is 5.72. The first-order valence-corrected chi connectivity index (χ1v) is 10.4. The van der Waals surface area contributed by atoms with E-state index in [0.717, 1.165) is 24.3 Å². The van der Waals surface area contributed by atoms with Crippen LogP contribution in [0.15, 0.2) is 88.9 Å². The quantitative estimate of drug-likeness (QED) is 0.302. The average Bonchev–Trinajstić information content (AvgIpc) is 3.50. The monoisotopic (exact) mass is 485 g/mol. The summed E-state index contributed by atoms with van der Waals surface area (Å²) >= 11 is 0. The first-order valence-electron chi connectivity index (χ1n) is 10.4. The number of benzene rings is 2. The lowest BCUT2D eigenvalue weighted by Crippen LogP contribution is -2.31. The Labute approximate surface area is 196 Å². The SMILES string of the molecule is Fc1cccc(F)c1-c1ccncc1CN1C(c2ccco2)=NOC1c1cccc(C(F)(F)F)c1. The summed E-state index contributed by atoms with van der Waals surface area (Å²) in [7, 11) is 0. The van der Waals surface area contributed by atoms with E-state index >= 15 is 0 Å². The van der Waals surface area contributed by atoms with Crippen LogP contribution in [-0.4, -0.2) is 15.7 Å². The summed E-state index contributed by atoms with van der Waals surface area (Å²) in [6.07, 6.45) is -1.36. The fourth-order valence-corrected chi connectivity index (χ4v) is 3.92. The Morgan fingerprint density at radius 2 is 1.71 bits per heavy atom. The third-order valence-corrected chi connectivity index (χ3v) is 5.51. The molecule has 0 spiro atoms. The third kappa shape index (κ3) is 4.34. The van der Waals surface area contributed by atoms with Crippen molar-refractivity contribution in [1.29, 1.82) is 0 Å². The molecule has 0 fully saturated rings. The highest BCUT2D eigenvalue weighted by Gasteiger charge is 2.37. The van der Waals surface area contributed by atoms with Crippen LogP contribution in [0.4, 0.5) is 22.0 Å². The maximum atomic E-state index is 14.6. The number of amidine groups is 1. The van der Waals surface area contributed by atoms with Crippen LogP contribution in [0, 0.1) is 11.6 Å². The normalized spacial score (nSPS) is 15.7. The zero-order valence-electron chi connectivity index (χ0n) is 17.8. The van der Waals surface area contributed by atoms with Crippen molar-refractivity contribution in [1.82, 2.24) is 9.88 Å². The maximum Gasteiger partial charge on any atom is 0.416 e. The molecule has 0 amide bonds. The van der Waals surface area contributed by atoms with Gasteiger partial charge in [-0.3, -0.25) is 4.98 Å². The van der Waals surface area contributed by atoms with Gasteiger partial charge in [-0.25, -0.2) is 8.78 Å². The molecular weight excluding hydrogens is 469 g/mol. The van der Waals surface area contributed by atoms with Crippen LogP contribution in [0.2, 0.25) is 0 Å². The van der Waals surface area contributed by atoms with E-state index in [-0.39, 0.29) is 29.1 Å². The van der Waals surface area contributed by atoms with Gasteiger partial charge in [0.2, 0.25) is 12.1 Å². The zero-order valence-corrected chi connectivity index (χ0v) is 17.8. The van der Waals surface area contributed by atoms with Gasteiger partial charge in [0.05, 0.1) is 23.9 Å². The molecule has 1 aliphatic rings. The molecule has 35 heavy (non-hydrogen) atoms.